The van der Waals surface area contributed by atoms with E-state index in [4.69, 9.17) is 0 Å². The first-order valence-electron chi connectivity index (χ1n) is 11.9. The summed E-state index contributed by atoms with van der Waals surface area (Å²) in [6.07, 6.45) is 6.64. The van der Waals surface area contributed by atoms with Crippen LogP contribution < -0.4 is 0 Å². The standard InChI is InChI=1S/C26H31FN4O2S2/c1-3-35(32,33)24-11-8-21-13-16-31(17-14-22(21)19-24)15-4-18-34-26-29-28-25(30(26)2)12-7-20-5-9-23(27)10-6-20/h5-12,19H,3-4,13-18H2,1-2H3. The molecule has 6 nitrogen and oxygen atoms in total. The summed E-state index contributed by atoms with van der Waals surface area (Å²) in [7, 11) is -1.22. The van der Waals surface area contributed by atoms with Gasteiger partial charge in [-0.25, -0.2) is 12.8 Å². The summed E-state index contributed by atoms with van der Waals surface area (Å²) in [4.78, 5) is 2.90. The topological polar surface area (TPSA) is 68.1 Å². The summed E-state index contributed by atoms with van der Waals surface area (Å²) in [6, 6.07) is 12.0. The van der Waals surface area contributed by atoms with Crippen LogP contribution >= 0.6 is 11.8 Å². The largest absolute Gasteiger partial charge is 0.306 e. The number of nitrogens with zero attached hydrogens (tertiary/aromatic N) is 4. The molecule has 0 bridgehead atoms. The zero-order valence-corrected chi connectivity index (χ0v) is 21.8. The molecule has 186 valence electrons. The molecule has 4 rings (SSSR count). The van der Waals surface area contributed by atoms with Gasteiger partial charge in [0, 0.05) is 25.9 Å². The molecule has 0 saturated carbocycles. The van der Waals surface area contributed by atoms with Crippen molar-refractivity contribution in [1.82, 2.24) is 19.7 Å². The Morgan fingerprint density at radius 2 is 1.77 bits per heavy atom. The monoisotopic (exact) mass is 514 g/mol. The number of rotatable bonds is 9. The molecule has 0 N–H and O–H groups in total. The maximum absolute atomic E-state index is 13.1. The van der Waals surface area contributed by atoms with E-state index in [0.29, 0.717) is 4.90 Å². The highest BCUT2D eigenvalue weighted by atomic mass is 32.2. The first kappa shape index (κ1) is 25.6. The second kappa shape index (κ2) is 11.5. The molecule has 3 aromatic rings. The molecule has 0 aliphatic carbocycles. The molecule has 1 aromatic heterocycles. The third-order valence-electron chi connectivity index (χ3n) is 6.32. The zero-order chi connectivity index (χ0) is 24.8. The average molecular weight is 515 g/mol. The van der Waals surface area contributed by atoms with E-state index >= 15 is 0 Å². The predicted molar refractivity (Wildman–Crippen MR) is 140 cm³/mol. The van der Waals surface area contributed by atoms with Crippen molar-refractivity contribution in [2.75, 3.05) is 31.1 Å². The lowest BCUT2D eigenvalue weighted by Gasteiger charge is -2.19. The highest BCUT2D eigenvalue weighted by Crippen LogP contribution is 2.22. The molecule has 0 saturated heterocycles. The van der Waals surface area contributed by atoms with Crippen LogP contribution in [0.3, 0.4) is 0 Å². The molecule has 0 spiro atoms. The van der Waals surface area contributed by atoms with Crippen molar-refractivity contribution in [1.29, 1.82) is 0 Å². The Bertz CT molecular complexity index is 1290. The van der Waals surface area contributed by atoms with E-state index in [1.165, 1.54) is 17.7 Å². The van der Waals surface area contributed by atoms with E-state index in [0.717, 1.165) is 66.8 Å². The summed E-state index contributed by atoms with van der Waals surface area (Å²) in [5.74, 6) is 1.58. The van der Waals surface area contributed by atoms with Crippen LogP contribution in [0.25, 0.3) is 12.2 Å². The van der Waals surface area contributed by atoms with Crippen LogP contribution in [-0.4, -0.2) is 59.2 Å². The Hall–Kier alpha value is -2.49. The van der Waals surface area contributed by atoms with Crippen molar-refractivity contribution < 1.29 is 12.8 Å². The highest BCUT2D eigenvalue weighted by molar-refractivity contribution is 7.99. The Balaban J connectivity index is 1.25. The van der Waals surface area contributed by atoms with E-state index < -0.39 is 9.84 Å². The van der Waals surface area contributed by atoms with Crippen LogP contribution in [0.2, 0.25) is 0 Å². The van der Waals surface area contributed by atoms with Crippen LogP contribution in [0.5, 0.6) is 0 Å². The summed E-state index contributed by atoms with van der Waals surface area (Å²) >= 11 is 1.69. The van der Waals surface area contributed by atoms with Gasteiger partial charge in [0.2, 0.25) is 0 Å². The van der Waals surface area contributed by atoms with Gasteiger partial charge in [0.25, 0.3) is 0 Å². The molecule has 1 aliphatic rings. The summed E-state index contributed by atoms with van der Waals surface area (Å²) in [6.45, 7) is 4.61. The highest BCUT2D eigenvalue weighted by Gasteiger charge is 2.18. The Kier molecular flexibility index (Phi) is 8.41. The SMILES string of the molecule is CCS(=O)(=O)c1ccc2c(c1)CCN(CCCSc1nnc(C=Cc3ccc(F)cc3)n1C)CC2. The molecule has 2 aromatic carbocycles. The normalized spacial score (nSPS) is 14.8. The molecule has 1 aliphatic heterocycles. The van der Waals surface area contributed by atoms with Crippen molar-refractivity contribution in [3.63, 3.8) is 0 Å². The lowest BCUT2D eigenvalue weighted by molar-refractivity contribution is 0.289. The van der Waals surface area contributed by atoms with E-state index in [-0.39, 0.29) is 11.6 Å². The molecular weight excluding hydrogens is 483 g/mol. The maximum atomic E-state index is 13.1. The van der Waals surface area contributed by atoms with E-state index in [1.807, 2.05) is 35.9 Å². The Morgan fingerprint density at radius 1 is 1.03 bits per heavy atom. The van der Waals surface area contributed by atoms with Gasteiger partial charge < -0.3 is 9.47 Å². The molecule has 0 atom stereocenters. The van der Waals surface area contributed by atoms with E-state index in [2.05, 4.69) is 15.1 Å². The van der Waals surface area contributed by atoms with Gasteiger partial charge in [-0.2, -0.15) is 0 Å². The molecule has 0 amide bonds. The molecule has 0 unspecified atom stereocenters. The Labute approximate surface area is 211 Å². The van der Waals surface area contributed by atoms with Gasteiger partial charge in [-0.3, -0.25) is 0 Å². The lowest BCUT2D eigenvalue weighted by atomic mass is 10.0. The fourth-order valence-electron chi connectivity index (χ4n) is 4.12. The zero-order valence-electron chi connectivity index (χ0n) is 20.2. The minimum Gasteiger partial charge on any atom is -0.306 e. The molecular formula is C26H31FN4O2S2. The Morgan fingerprint density at radius 3 is 2.51 bits per heavy atom. The van der Waals surface area contributed by atoms with Crippen LogP contribution in [0, 0.1) is 5.82 Å². The summed E-state index contributed by atoms with van der Waals surface area (Å²) in [5.41, 5.74) is 3.33. The van der Waals surface area contributed by atoms with Gasteiger partial charge in [0.05, 0.1) is 10.6 Å². The summed E-state index contributed by atoms with van der Waals surface area (Å²) in [5, 5.41) is 9.44. The van der Waals surface area contributed by atoms with Gasteiger partial charge in [0.1, 0.15) is 5.82 Å². The van der Waals surface area contributed by atoms with Gasteiger partial charge in [0.15, 0.2) is 20.8 Å². The van der Waals surface area contributed by atoms with Crippen molar-refractivity contribution in [2.24, 2.45) is 7.05 Å². The van der Waals surface area contributed by atoms with Gasteiger partial charge in [-0.05, 0) is 72.8 Å². The predicted octanol–water partition coefficient (Wildman–Crippen LogP) is 4.50. The van der Waals surface area contributed by atoms with Crippen molar-refractivity contribution in [3.05, 3.63) is 70.8 Å². The van der Waals surface area contributed by atoms with Crippen molar-refractivity contribution in [2.45, 2.75) is 36.2 Å². The van der Waals surface area contributed by atoms with Crippen LogP contribution in [-0.2, 0) is 29.7 Å². The number of halogens is 1. The number of sulfone groups is 1. The van der Waals surface area contributed by atoms with E-state index in [9.17, 15) is 12.8 Å². The first-order chi connectivity index (χ1) is 16.9. The number of aromatic nitrogens is 3. The van der Waals surface area contributed by atoms with Crippen molar-refractivity contribution >= 4 is 33.8 Å². The second-order valence-electron chi connectivity index (χ2n) is 8.66. The minimum absolute atomic E-state index is 0.132. The van der Waals surface area contributed by atoms with Crippen molar-refractivity contribution in [3.8, 4) is 0 Å². The summed E-state index contributed by atoms with van der Waals surface area (Å²) < 4.78 is 39.5. The fourth-order valence-corrected chi connectivity index (χ4v) is 5.90. The van der Waals surface area contributed by atoms with E-state index in [1.54, 1.807) is 36.9 Å². The molecule has 0 fully saturated rings. The fraction of sp³-hybridized carbons (Fsp3) is 0.385. The lowest BCUT2D eigenvalue weighted by Crippen LogP contribution is -2.27. The molecule has 0 radical (unpaired) electrons. The van der Waals surface area contributed by atoms with Crippen LogP contribution in [0.15, 0.2) is 52.5 Å². The number of benzene rings is 2. The van der Waals surface area contributed by atoms with Crippen LogP contribution in [0.1, 0.15) is 35.9 Å². The first-order valence-corrected chi connectivity index (χ1v) is 14.5. The number of fused-ring (bicyclic) bond motifs is 1. The average Bonchev–Trinajstić information content (AvgIpc) is 3.08. The third-order valence-corrected chi connectivity index (χ3v) is 9.16. The quantitative estimate of drug-likeness (QED) is 0.309. The molecule has 2 heterocycles. The molecule has 35 heavy (non-hydrogen) atoms. The maximum Gasteiger partial charge on any atom is 0.191 e. The third kappa shape index (κ3) is 6.59. The number of hydrogen-bond acceptors (Lipinski definition) is 6. The minimum atomic E-state index is -3.17. The van der Waals surface area contributed by atoms with Crippen LogP contribution in [0.4, 0.5) is 4.39 Å². The van der Waals surface area contributed by atoms with Gasteiger partial charge in [-0.1, -0.05) is 43.0 Å². The second-order valence-corrected chi connectivity index (χ2v) is 12.0. The number of hydrogen-bond donors (Lipinski definition) is 0. The molecule has 9 heteroatoms. The smallest absolute Gasteiger partial charge is 0.191 e. The van der Waals surface area contributed by atoms with Gasteiger partial charge >= 0.3 is 0 Å². The number of thioether (sulfide) groups is 1. The van der Waals surface area contributed by atoms with Gasteiger partial charge in [-0.15, -0.1) is 10.2 Å².